The first-order valence-electron chi connectivity index (χ1n) is 6.41. The number of aromatic nitrogens is 1. The zero-order valence-corrected chi connectivity index (χ0v) is 11.3. The van der Waals surface area contributed by atoms with E-state index >= 15 is 0 Å². The largest absolute Gasteiger partial charge is 0.316 e. The molecule has 0 aliphatic carbocycles. The molecular weight excluding hydrogens is 220 g/mol. The lowest BCUT2D eigenvalue weighted by molar-refractivity contribution is 0.712. The first-order chi connectivity index (χ1) is 8.70. The van der Waals surface area contributed by atoms with Crippen molar-refractivity contribution in [2.75, 3.05) is 13.6 Å². The second-order valence-corrected chi connectivity index (χ2v) is 4.83. The number of benzene rings is 1. The van der Waals surface area contributed by atoms with Gasteiger partial charge in [0.2, 0.25) is 0 Å². The number of rotatable bonds is 4. The van der Waals surface area contributed by atoms with Crippen molar-refractivity contribution in [2.45, 2.75) is 13.8 Å². The molecule has 94 valence electrons. The van der Waals surface area contributed by atoms with Gasteiger partial charge in [0.1, 0.15) is 0 Å². The molecule has 0 saturated carbocycles. The van der Waals surface area contributed by atoms with Gasteiger partial charge in [0.05, 0.1) is 11.2 Å². The molecule has 1 aromatic carbocycles. The number of fused-ring (bicyclic) bond motifs is 1. The number of pyridine rings is 1. The van der Waals surface area contributed by atoms with Crippen molar-refractivity contribution in [3.05, 3.63) is 47.7 Å². The monoisotopic (exact) mass is 240 g/mol. The minimum atomic E-state index is 0.533. The van der Waals surface area contributed by atoms with Crippen LogP contribution in [0.4, 0.5) is 0 Å². The summed E-state index contributed by atoms with van der Waals surface area (Å²) in [5, 5.41) is 4.40. The lowest BCUT2D eigenvalue weighted by atomic mass is 10.0. The molecule has 2 aromatic rings. The minimum absolute atomic E-state index is 0.533. The van der Waals surface area contributed by atoms with Crippen LogP contribution in [0.3, 0.4) is 0 Å². The summed E-state index contributed by atoms with van der Waals surface area (Å²) in [6.45, 7) is 5.33. The van der Waals surface area contributed by atoms with E-state index in [2.05, 4.69) is 54.5 Å². The molecule has 0 amide bonds. The van der Waals surface area contributed by atoms with Gasteiger partial charge in [-0.3, -0.25) is 0 Å². The van der Waals surface area contributed by atoms with E-state index in [9.17, 15) is 0 Å². The molecule has 1 aromatic heterocycles. The molecule has 2 heteroatoms. The van der Waals surface area contributed by atoms with Crippen molar-refractivity contribution < 1.29 is 0 Å². The van der Waals surface area contributed by atoms with Crippen LogP contribution in [0, 0.1) is 5.92 Å². The van der Waals surface area contributed by atoms with E-state index in [1.165, 1.54) is 11.0 Å². The van der Waals surface area contributed by atoms with Crippen molar-refractivity contribution in [3.8, 4) is 0 Å². The molecule has 0 aliphatic rings. The maximum atomic E-state index is 4.68. The quantitative estimate of drug-likeness (QED) is 0.884. The van der Waals surface area contributed by atoms with E-state index in [0.29, 0.717) is 5.92 Å². The molecule has 2 rings (SSSR count). The SMILES string of the molecule is CNCC(=Cc1ccc2ccccc2n1)C(C)C. The van der Waals surface area contributed by atoms with Crippen LogP contribution in [-0.4, -0.2) is 18.6 Å². The summed E-state index contributed by atoms with van der Waals surface area (Å²) in [4.78, 5) is 4.68. The van der Waals surface area contributed by atoms with E-state index < -0.39 is 0 Å². The Bertz CT molecular complexity index is 556. The highest BCUT2D eigenvalue weighted by Gasteiger charge is 2.03. The molecule has 0 saturated heterocycles. The topological polar surface area (TPSA) is 24.9 Å². The van der Waals surface area contributed by atoms with Crippen molar-refractivity contribution in [2.24, 2.45) is 5.92 Å². The van der Waals surface area contributed by atoms with E-state index in [1.54, 1.807) is 0 Å². The standard InChI is InChI=1S/C16H20N2/c1-12(2)14(11-17-3)10-15-9-8-13-6-4-5-7-16(13)18-15/h4-10,12,17H,11H2,1-3H3. The summed E-state index contributed by atoms with van der Waals surface area (Å²) in [5.74, 6) is 0.533. The van der Waals surface area contributed by atoms with Gasteiger partial charge in [-0.2, -0.15) is 0 Å². The van der Waals surface area contributed by atoms with Gasteiger partial charge in [-0.1, -0.05) is 43.7 Å². The first-order valence-corrected chi connectivity index (χ1v) is 6.41. The van der Waals surface area contributed by atoms with Crippen LogP contribution in [0.5, 0.6) is 0 Å². The number of likely N-dealkylation sites (N-methyl/N-ethyl adjacent to an activating group) is 1. The highest BCUT2D eigenvalue weighted by atomic mass is 14.8. The molecule has 0 atom stereocenters. The number of nitrogens with one attached hydrogen (secondary N) is 1. The number of para-hydroxylation sites is 1. The van der Waals surface area contributed by atoms with E-state index in [-0.39, 0.29) is 0 Å². The van der Waals surface area contributed by atoms with Crippen LogP contribution >= 0.6 is 0 Å². The first kappa shape index (κ1) is 12.8. The Balaban J connectivity index is 2.38. The summed E-state index contributed by atoms with van der Waals surface area (Å²) >= 11 is 0. The van der Waals surface area contributed by atoms with Gasteiger partial charge >= 0.3 is 0 Å². The fourth-order valence-corrected chi connectivity index (χ4v) is 1.98. The van der Waals surface area contributed by atoms with Gasteiger partial charge in [0.25, 0.3) is 0 Å². The van der Waals surface area contributed by atoms with E-state index in [1.807, 2.05) is 19.2 Å². The molecule has 0 unspecified atom stereocenters. The van der Waals surface area contributed by atoms with Crippen LogP contribution in [0.1, 0.15) is 19.5 Å². The molecule has 0 radical (unpaired) electrons. The van der Waals surface area contributed by atoms with Gasteiger partial charge in [-0.15, -0.1) is 0 Å². The van der Waals surface area contributed by atoms with Crippen molar-refractivity contribution in [1.29, 1.82) is 0 Å². The Morgan fingerprint density at radius 2 is 2.00 bits per heavy atom. The number of hydrogen-bond acceptors (Lipinski definition) is 2. The Morgan fingerprint density at radius 3 is 2.72 bits per heavy atom. The lowest BCUT2D eigenvalue weighted by Gasteiger charge is -2.10. The third kappa shape index (κ3) is 2.96. The fourth-order valence-electron chi connectivity index (χ4n) is 1.98. The highest BCUT2D eigenvalue weighted by Crippen LogP contribution is 2.16. The van der Waals surface area contributed by atoms with Crippen LogP contribution in [0.2, 0.25) is 0 Å². The molecule has 1 heterocycles. The van der Waals surface area contributed by atoms with Crippen LogP contribution in [0.25, 0.3) is 17.0 Å². The molecule has 0 spiro atoms. The van der Waals surface area contributed by atoms with E-state index in [0.717, 1.165) is 17.8 Å². The average molecular weight is 240 g/mol. The Kier molecular flexibility index (Phi) is 4.11. The van der Waals surface area contributed by atoms with Crippen LogP contribution in [0.15, 0.2) is 42.0 Å². The third-order valence-corrected chi connectivity index (χ3v) is 3.08. The highest BCUT2D eigenvalue weighted by molar-refractivity contribution is 5.79. The fraction of sp³-hybridized carbons (Fsp3) is 0.312. The predicted octanol–water partition coefficient (Wildman–Crippen LogP) is 3.49. The molecular formula is C16H20N2. The zero-order chi connectivity index (χ0) is 13.0. The van der Waals surface area contributed by atoms with Crippen LogP contribution < -0.4 is 5.32 Å². The maximum absolute atomic E-state index is 4.68. The zero-order valence-electron chi connectivity index (χ0n) is 11.3. The average Bonchev–Trinajstić information content (AvgIpc) is 2.38. The molecule has 0 aliphatic heterocycles. The second-order valence-electron chi connectivity index (χ2n) is 4.83. The van der Waals surface area contributed by atoms with Crippen molar-refractivity contribution in [1.82, 2.24) is 10.3 Å². The van der Waals surface area contributed by atoms with Gasteiger partial charge < -0.3 is 5.32 Å². The van der Waals surface area contributed by atoms with Crippen molar-refractivity contribution >= 4 is 17.0 Å². The van der Waals surface area contributed by atoms with Crippen LogP contribution in [-0.2, 0) is 0 Å². The van der Waals surface area contributed by atoms with Gasteiger partial charge in [0, 0.05) is 11.9 Å². The second kappa shape index (κ2) is 5.78. The Hall–Kier alpha value is -1.67. The molecule has 1 N–H and O–H groups in total. The summed E-state index contributed by atoms with van der Waals surface area (Å²) in [6.07, 6.45) is 2.19. The normalized spacial score (nSPS) is 12.3. The molecule has 2 nitrogen and oxygen atoms in total. The summed E-state index contributed by atoms with van der Waals surface area (Å²) in [7, 11) is 1.98. The summed E-state index contributed by atoms with van der Waals surface area (Å²) in [5.41, 5.74) is 3.46. The van der Waals surface area contributed by atoms with Gasteiger partial charge in [-0.25, -0.2) is 4.98 Å². The van der Waals surface area contributed by atoms with Gasteiger partial charge in [-0.05, 0) is 31.2 Å². The minimum Gasteiger partial charge on any atom is -0.316 e. The number of nitrogens with zero attached hydrogens (tertiary/aromatic N) is 1. The lowest BCUT2D eigenvalue weighted by Crippen LogP contribution is -2.13. The third-order valence-electron chi connectivity index (χ3n) is 3.08. The Labute approximate surface area is 109 Å². The van der Waals surface area contributed by atoms with E-state index in [4.69, 9.17) is 0 Å². The Morgan fingerprint density at radius 1 is 1.22 bits per heavy atom. The summed E-state index contributed by atoms with van der Waals surface area (Å²) < 4.78 is 0. The maximum Gasteiger partial charge on any atom is 0.0709 e. The predicted molar refractivity (Wildman–Crippen MR) is 78.5 cm³/mol. The number of hydrogen-bond donors (Lipinski definition) is 1. The van der Waals surface area contributed by atoms with Crippen molar-refractivity contribution in [3.63, 3.8) is 0 Å². The summed E-state index contributed by atoms with van der Waals surface area (Å²) in [6, 6.07) is 12.4. The smallest absolute Gasteiger partial charge is 0.0709 e. The molecule has 0 fully saturated rings. The molecule has 0 bridgehead atoms. The van der Waals surface area contributed by atoms with Gasteiger partial charge in [0.15, 0.2) is 0 Å². The molecule has 18 heavy (non-hydrogen) atoms.